The Labute approximate surface area is 95.2 Å². The third-order valence-electron chi connectivity index (χ3n) is 2.82. The van der Waals surface area contributed by atoms with Crippen LogP contribution >= 0.6 is 0 Å². The first-order valence-corrected chi connectivity index (χ1v) is 5.44. The van der Waals surface area contributed by atoms with Gasteiger partial charge < -0.3 is 15.0 Å². The Balaban J connectivity index is 1.91. The zero-order valence-corrected chi connectivity index (χ0v) is 9.35. The van der Waals surface area contributed by atoms with Gasteiger partial charge in [0, 0.05) is 18.8 Å². The average Bonchev–Trinajstić information content (AvgIpc) is 2.78. The first kappa shape index (κ1) is 10.8. The van der Waals surface area contributed by atoms with E-state index in [9.17, 15) is 4.79 Å². The van der Waals surface area contributed by atoms with Gasteiger partial charge in [0.2, 0.25) is 0 Å². The summed E-state index contributed by atoms with van der Waals surface area (Å²) >= 11 is 0. The van der Waals surface area contributed by atoms with Gasteiger partial charge in [-0.1, -0.05) is 18.2 Å². The van der Waals surface area contributed by atoms with Crippen molar-refractivity contribution in [2.24, 2.45) is 0 Å². The van der Waals surface area contributed by atoms with Gasteiger partial charge in [-0.2, -0.15) is 0 Å². The van der Waals surface area contributed by atoms with E-state index in [2.05, 4.69) is 27.1 Å². The molecular formula is C12H16N2O2. The smallest absolute Gasteiger partial charge is 0.407 e. The molecule has 1 fully saturated rings. The Morgan fingerprint density at radius 2 is 2.19 bits per heavy atom. The van der Waals surface area contributed by atoms with Crippen molar-refractivity contribution in [2.75, 3.05) is 25.1 Å². The summed E-state index contributed by atoms with van der Waals surface area (Å²) < 4.78 is 4.58. The second-order valence-electron chi connectivity index (χ2n) is 3.90. The summed E-state index contributed by atoms with van der Waals surface area (Å²) in [7, 11) is 1.39. The highest BCUT2D eigenvalue weighted by atomic mass is 16.5. The first-order chi connectivity index (χ1) is 7.79. The third-order valence-corrected chi connectivity index (χ3v) is 2.82. The summed E-state index contributed by atoms with van der Waals surface area (Å²) in [5.41, 5.74) is 1.21. The molecule has 1 aliphatic heterocycles. The molecule has 0 unspecified atom stereocenters. The van der Waals surface area contributed by atoms with Crippen LogP contribution in [0.3, 0.4) is 0 Å². The molecule has 2 rings (SSSR count). The van der Waals surface area contributed by atoms with Crippen molar-refractivity contribution >= 4 is 11.8 Å². The second-order valence-corrected chi connectivity index (χ2v) is 3.90. The molecule has 0 saturated carbocycles. The molecule has 1 aliphatic rings. The molecule has 86 valence electrons. The fraction of sp³-hybridized carbons (Fsp3) is 0.417. The monoisotopic (exact) mass is 220 g/mol. The number of hydrogen-bond acceptors (Lipinski definition) is 3. The molecule has 1 saturated heterocycles. The van der Waals surface area contributed by atoms with Crippen molar-refractivity contribution < 1.29 is 9.53 Å². The molecule has 4 heteroatoms. The number of amides is 1. The van der Waals surface area contributed by atoms with E-state index in [1.807, 2.05) is 18.2 Å². The first-order valence-electron chi connectivity index (χ1n) is 5.44. The topological polar surface area (TPSA) is 41.6 Å². The number of alkyl carbamates (subject to hydrolysis) is 1. The Morgan fingerprint density at radius 1 is 1.44 bits per heavy atom. The fourth-order valence-electron chi connectivity index (χ4n) is 1.98. The molecule has 16 heavy (non-hydrogen) atoms. The van der Waals surface area contributed by atoms with E-state index < -0.39 is 0 Å². The SMILES string of the molecule is COC(=O)N[C@H]1CCN(c2ccccc2)C1. The van der Waals surface area contributed by atoms with Crippen LogP contribution in [0.4, 0.5) is 10.5 Å². The zero-order chi connectivity index (χ0) is 11.4. The zero-order valence-electron chi connectivity index (χ0n) is 9.35. The number of hydrogen-bond donors (Lipinski definition) is 1. The van der Waals surface area contributed by atoms with E-state index in [-0.39, 0.29) is 12.1 Å². The third kappa shape index (κ3) is 2.45. The summed E-state index contributed by atoms with van der Waals surface area (Å²) in [4.78, 5) is 13.3. The summed E-state index contributed by atoms with van der Waals surface area (Å²) in [5, 5.41) is 2.83. The van der Waals surface area contributed by atoms with Crippen LogP contribution < -0.4 is 10.2 Å². The van der Waals surface area contributed by atoms with Crippen molar-refractivity contribution in [3.8, 4) is 0 Å². The molecule has 0 radical (unpaired) electrons. The maximum atomic E-state index is 11.1. The number of nitrogens with one attached hydrogen (secondary N) is 1. The van der Waals surface area contributed by atoms with Crippen molar-refractivity contribution in [3.63, 3.8) is 0 Å². The van der Waals surface area contributed by atoms with Crippen LogP contribution in [0.2, 0.25) is 0 Å². The number of carbonyl (C=O) groups is 1. The van der Waals surface area contributed by atoms with E-state index in [4.69, 9.17) is 0 Å². The highest BCUT2D eigenvalue weighted by Crippen LogP contribution is 2.19. The van der Waals surface area contributed by atoms with Gasteiger partial charge in [0.1, 0.15) is 0 Å². The lowest BCUT2D eigenvalue weighted by molar-refractivity contribution is 0.167. The number of anilines is 1. The number of methoxy groups -OCH3 is 1. The normalized spacial score (nSPS) is 19.6. The molecule has 4 nitrogen and oxygen atoms in total. The van der Waals surface area contributed by atoms with Gasteiger partial charge in [0.15, 0.2) is 0 Å². The molecule has 0 aliphatic carbocycles. The molecule has 1 heterocycles. The van der Waals surface area contributed by atoms with Crippen LogP contribution in [0, 0.1) is 0 Å². The average molecular weight is 220 g/mol. The van der Waals surface area contributed by atoms with Crippen LogP contribution in [-0.2, 0) is 4.74 Å². The van der Waals surface area contributed by atoms with Crippen molar-refractivity contribution in [3.05, 3.63) is 30.3 Å². The Hall–Kier alpha value is -1.71. The lowest BCUT2D eigenvalue weighted by Gasteiger charge is -2.18. The summed E-state index contributed by atoms with van der Waals surface area (Å²) in [6, 6.07) is 10.4. The van der Waals surface area contributed by atoms with Crippen LogP contribution in [0.15, 0.2) is 30.3 Å². The Kier molecular flexibility index (Phi) is 3.29. The van der Waals surface area contributed by atoms with Gasteiger partial charge in [-0.05, 0) is 18.6 Å². The summed E-state index contributed by atoms with van der Waals surface area (Å²) in [6.07, 6.45) is 0.615. The molecule has 0 aromatic heterocycles. The molecular weight excluding hydrogens is 204 g/mol. The number of rotatable bonds is 2. The van der Waals surface area contributed by atoms with Gasteiger partial charge in [0.05, 0.1) is 13.2 Å². The minimum absolute atomic E-state index is 0.188. The predicted octanol–water partition coefficient (Wildman–Crippen LogP) is 1.62. The molecule has 1 aromatic carbocycles. The van der Waals surface area contributed by atoms with Crippen LogP contribution in [-0.4, -0.2) is 32.3 Å². The van der Waals surface area contributed by atoms with Gasteiger partial charge in [0.25, 0.3) is 0 Å². The maximum absolute atomic E-state index is 11.1. The van der Waals surface area contributed by atoms with E-state index in [1.54, 1.807) is 0 Å². The summed E-state index contributed by atoms with van der Waals surface area (Å²) in [6.45, 7) is 1.82. The van der Waals surface area contributed by atoms with E-state index in [0.29, 0.717) is 0 Å². The number of benzene rings is 1. The predicted molar refractivity (Wildman–Crippen MR) is 62.6 cm³/mol. The molecule has 1 N–H and O–H groups in total. The maximum Gasteiger partial charge on any atom is 0.407 e. The Bertz CT molecular complexity index is 353. The molecule has 0 bridgehead atoms. The van der Waals surface area contributed by atoms with Crippen LogP contribution in [0.1, 0.15) is 6.42 Å². The lowest BCUT2D eigenvalue weighted by Crippen LogP contribution is -2.36. The quantitative estimate of drug-likeness (QED) is 0.823. The minimum atomic E-state index is -0.347. The summed E-state index contributed by atoms with van der Waals surface area (Å²) in [5.74, 6) is 0. The molecule has 0 spiro atoms. The number of nitrogens with zero attached hydrogens (tertiary/aromatic N) is 1. The minimum Gasteiger partial charge on any atom is -0.453 e. The van der Waals surface area contributed by atoms with E-state index in [1.165, 1.54) is 12.8 Å². The standard InChI is InChI=1S/C12H16N2O2/c1-16-12(15)13-10-7-8-14(9-10)11-5-3-2-4-6-11/h2-6,10H,7-9H2,1H3,(H,13,15)/t10-/m0/s1. The highest BCUT2D eigenvalue weighted by molar-refractivity contribution is 5.67. The van der Waals surface area contributed by atoms with Crippen molar-refractivity contribution in [1.82, 2.24) is 5.32 Å². The van der Waals surface area contributed by atoms with Gasteiger partial charge >= 0.3 is 6.09 Å². The van der Waals surface area contributed by atoms with Crippen LogP contribution in [0.5, 0.6) is 0 Å². The van der Waals surface area contributed by atoms with Gasteiger partial charge in [-0.25, -0.2) is 4.79 Å². The number of para-hydroxylation sites is 1. The lowest BCUT2D eigenvalue weighted by atomic mass is 10.3. The van der Waals surface area contributed by atoms with Gasteiger partial charge in [-0.15, -0.1) is 0 Å². The molecule has 1 aromatic rings. The van der Waals surface area contributed by atoms with Gasteiger partial charge in [-0.3, -0.25) is 0 Å². The molecule has 1 atom stereocenters. The van der Waals surface area contributed by atoms with E-state index >= 15 is 0 Å². The van der Waals surface area contributed by atoms with Crippen molar-refractivity contribution in [1.29, 1.82) is 0 Å². The van der Waals surface area contributed by atoms with E-state index in [0.717, 1.165) is 19.5 Å². The number of carbonyl (C=O) groups excluding carboxylic acids is 1. The largest absolute Gasteiger partial charge is 0.453 e. The fourth-order valence-corrected chi connectivity index (χ4v) is 1.98. The highest BCUT2D eigenvalue weighted by Gasteiger charge is 2.23. The second kappa shape index (κ2) is 4.88. The van der Waals surface area contributed by atoms with Crippen LogP contribution in [0.25, 0.3) is 0 Å². The Morgan fingerprint density at radius 3 is 2.88 bits per heavy atom. The molecule has 1 amide bonds. The van der Waals surface area contributed by atoms with Crippen molar-refractivity contribution in [2.45, 2.75) is 12.5 Å². The number of ether oxygens (including phenoxy) is 1.